The first-order valence-corrected chi connectivity index (χ1v) is 8.51. The first kappa shape index (κ1) is 16.8. The lowest BCUT2D eigenvalue weighted by Gasteiger charge is -2.12. The molecule has 0 saturated carbocycles. The molecule has 22 heavy (non-hydrogen) atoms. The highest BCUT2D eigenvalue weighted by Gasteiger charge is 2.11. The quantitative estimate of drug-likeness (QED) is 0.767. The number of benzene rings is 1. The van der Waals surface area contributed by atoms with Gasteiger partial charge in [-0.1, -0.05) is 25.4 Å². The maximum absolute atomic E-state index is 12.2. The van der Waals surface area contributed by atoms with Crippen molar-refractivity contribution in [2.45, 2.75) is 27.2 Å². The third-order valence-corrected chi connectivity index (χ3v) is 4.40. The monoisotopic (exact) mass is 337 g/mol. The fraction of sp³-hybridized carbons (Fsp3) is 0.353. The van der Waals surface area contributed by atoms with E-state index in [0.29, 0.717) is 34.5 Å². The molecule has 0 radical (unpaired) electrons. The number of nitrogens with one attached hydrogen (secondary N) is 1. The Morgan fingerprint density at radius 3 is 2.77 bits per heavy atom. The first-order valence-electron chi connectivity index (χ1n) is 7.25. The molecule has 0 aliphatic carbocycles. The van der Waals surface area contributed by atoms with E-state index >= 15 is 0 Å². The van der Waals surface area contributed by atoms with Gasteiger partial charge in [-0.25, -0.2) is 0 Å². The zero-order chi connectivity index (χ0) is 16.1. The molecule has 0 unspecified atom stereocenters. The number of anilines is 1. The Labute approximate surface area is 140 Å². The Hall–Kier alpha value is -1.52. The summed E-state index contributed by atoms with van der Waals surface area (Å²) in [6.45, 7) is 6.83. The fourth-order valence-corrected chi connectivity index (χ4v) is 2.78. The number of thiophene rings is 1. The van der Waals surface area contributed by atoms with Crippen LogP contribution in [0.3, 0.4) is 0 Å². The number of rotatable bonds is 6. The van der Waals surface area contributed by atoms with Crippen molar-refractivity contribution in [2.24, 2.45) is 5.92 Å². The van der Waals surface area contributed by atoms with Crippen molar-refractivity contribution in [3.8, 4) is 5.75 Å². The number of carbonyl (C=O) groups excluding carboxylic acids is 1. The van der Waals surface area contributed by atoms with Crippen LogP contribution in [0.25, 0.3) is 0 Å². The van der Waals surface area contributed by atoms with Crippen molar-refractivity contribution in [1.29, 1.82) is 0 Å². The third kappa shape index (κ3) is 4.49. The Kier molecular flexibility index (Phi) is 5.86. The molecule has 0 fully saturated rings. The van der Waals surface area contributed by atoms with E-state index < -0.39 is 0 Å². The van der Waals surface area contributed by atoms with Crippen molar-refractivity contribution in [1.82, 2.24) is 0 Å². The number of ether oxygens (including phenoxy) is 1. The SMILES string of the molecule is Cc1sccc1C(=O)Nc1ccc(Cl)c(OCCC(C)C)c1. The Bertz CT molecular complexity index is 652. The van der Waals surface area contributed by atoms with E-state index in [-0.39, 0.29) is 5.91 Å². The molecule has 1 amide bonds. The van der Waals surface area contributed by atoms with Crippen LogP contribution in [0.5, 0.6) is 5.75 Å². The van der Waals surface area contributed by atoms with Crippen LogP contribution < -0.4 is 10.1 Å². The average Bonchev–Trinajstić information content (AvgIpc) is 2.88. The predicted molar refractivity (Wildman–Crippen MR) is 93.4 cm³/mol. The van der Waals surface area contributed by atoms with Gasteiger partial charge in [0, 0.05) is 16.6 Å². The first-order chi connectivity index (χ1) is 10.5. The predicted octanol–water partition coefficient (Wildman–Crippen LogP) is 5.39. The summed E-state index contributed by atoms with van der Waals surface area (Å²) in [6, 6.07) is 7.10. The summed E-state index contributed by atoms with van der Waals surface area (Å²) in [6.07, 6.45) is 0.959. The highest BCUT2D eigenvalue weighted by Crippen LogP contribution is 2.28. The van der Waals surface area contributed by atoms with Gasteiger partial charge in [-0.2, -0.15) is 0 Å². The summed E-state index contributed by atoms with van der Waals surface area (Å²) in [5.41, 5.74) is 1.38. The van der Waals surface area contributed by atoms with E-state index in [1.54, 1.807) is 29.5 Å². The van der Waals surface area contributed by atoms with E-state index in [1.165, 1.54) is 0 Å². The van der Waals surface area contributed by atoms with Crippen molar-refractivity contribution in [2.75, 3.05) is 11.9 Å². The Morgan fingerprint density at radius 2 is 2.14 bits per heavy atom. The Morgan fingerprint density at radius 1 is 1.36 bits per heavy atom. The van der Waals surface area contributed by atoms with Crippen LogP contribution in [-0.2, 0) is 0 Å². The van der Waals surface area contributed by atoms with Crippen LogP contribution in [-0.4, -0.2) is 12.5 Å². The second-order valence-corrected chi connectivity index (χ2v) is 7.05. The summed E-state index contributed by atoms with van der Waals surface area (Å²) in [5, 5.41) is 5.34. The number of carbonyl (C=O) groups is 1. The maximum atomic E-state index is 12.2. The van der Waals surface area contributed by atoms with Gasteiger partial charge >= 0.3 is 0 Å². The van der Waals surface area contributed by atoms with Crippen LogP contribution in [0.4, 0.5) is 5.69 Å². The number of hydrogen-bond donors (Lipinski definition) is 1. The van der Waals surface area contributed by atoms with Gasteiger partial charge < -0.3 is 10.1 Å². The van der Waals surface area contributed by atoms with Crippen LogP contribution >= 0.6 is 22.9 Å². The van der Waals surface area contributed by atoms with E-state index in [9.17, 15) is 4.79 Å². The van der Waals surface area contributed by atoms with Crippen molar-refractivity contribution in [3.63, 3.8) is 0 Å². The van der Waals surface area contributed by atoms with Gasteiger partial charge in [-0.05, 0) is 42.8 Å². The minimum Gasteiger partial charge on any atom is -0.492 e. The number of halogens is 1. The molecule has 1 aromatic carbocycles. The van der Waals surface area contributed by atoms with Gasteiger partial charge in [-0.3, -0.25) is 4.79 Å². The summed E-state index contributed by atoms with van der Waals surface area (Å²) >= 11 is 7.69. The van der Waals surface area contributed by atoms with Crippen LogP contribution in [0.1, 0.15) is 35.5 Å². The summed E-state index contributed by atoms with van der Waals surface area (Å²) in [7, 11) is 0. The van der Waals surface area contributed by atoms with Crippen molar-refractivity contribution in [3.05, 3.63) is 45.1 Å². The molecule has 118 valence electrons. The van der Waals surface area contributed by atoms with E-state index in [2.05, 4.69) is 19.2 Å². The zero-order valence-electron chi connectivity index (χ0n) is 13.0. The molecule has 0 saturated heterocycles. The van der Waals surface area contributed by atoms with Crippen LogP contribution in [0.15, 0.2) is 29.6 Å². The number of hydrogen-bond acceptors (Lipinski definition) is 3. The molecule has 2 aromatic rings. The maximum Gasteiger partial charge on any atom is 0.256 e. The normalized spacial score (nSPS) is 10.8. The average molecular weight is 338 g/mol. The zero-order valence-corrected chi connectivity index (χ0v) is 14.6. The van der Waals surface area contributed by atoms with Gasteiger partial charge in [0.05, 0.1) is 17.2 Å². The fourth-order valence-electron chi connectivity index (χ4n) is 1.92. The minimum atomic E-state index is -0.116. The van der Waals surface area contributed by atoms with E-state index in [4.69, 9.17) is 16.3 Å². The lowest BCUT2D eigenvalue weighted by Crippen LogP contribution is -2.12. The van der Waals surface area contributed by atoms with E-state index in [1.807, 2.05) is 18.4 Å². The Balaban J connectivity index is 2.05. The topological polar surface area (TPSA) is 38.3 Å². The molecular formula is C17H20ClNO2S. The molecule has 3 nitrogen and oxygen atoms in total. The summed E-state index contributed by atoms with van der Waals surface area (Å²) in [4.78, 5) is 13.2. The molecule has 0 atom stereocenters. The molecule has 0 spiro atoms. The molecule has 1 aromatic heterocycles. The molecule has 0 bridgehead atoms. The van der Waals surface area contributed by atoms with Crippen LogP contribution in [0, 0.1) is 12.8 Å². The molecule has 1 N–H and O–H groups in total. The third-order valence-electron chi connectivity index (χ3n) is 3.25. The van der Waals surface area contributed by atoms with Crippen molar-refractivity contribution >= 4 is 34.5 Å². The van der Waals surface area contributed by atoms with E-state index in [0.717, 1.165) is 11.3 Å². The molecule has 5 heteroatoms. The largest absolute Gasteiger partial charge is 0.492 e. The minimum absolute atomic E-state index is 0.116. The summed E-state index contributed by atoms with van der Waals surface area (Å²) < 4.78 is 5.70. The highest BCUT2D eigenvalue weighted by molar-refractivity contribution is 7.10. The van der Waals surface area contributed by atoms with Gasteiger partial charge in [-0.15, -0.1) is 11.3 Å². The van der Waals surface area contributed by atoms with Gasteiger partial charge in [0.1, 0.15) is 5.75 Å². The summed E-state index contributed by atoms with van der Waals surface area (Å²) in [5.74, 6) is 1.06. The standard InChI is InChI=1S/C17H20ClNO2S/c1-11(2)6-8-21-16-10-13(4-5-15(16)18)19-17(20)14-7-9-22-12(14)3/h4-5,7,9-11H,6,8H2,1-3H3,(H,19,20). The highest BCUT2D eigenvalue weighted by atomic mass is 35.5. The lowest BCUT2D eigenvalue weighted by molar-refractivity contribution is 0.102. The molecule has 0 aliphatic rings. The second-order valence-electron chi connectivity index (χ2n) is 5.52. The second kappa shape index (κ2) is 7.65. The van der Waals surface area contributed by atoms with Gasteiger partial charge in [0.2, 0.25) is 0 Å². The number of amides is 1. The molecule has 1 heterocycles. The molecule has 0 aliphatic heterocycles. The smallest absolute Gasteiger partial charge is 0.256 e. The van der Waals surface area contributed by atoms with Crippen LogP contribution in [0.2, 0.25) is 5.02 Å². The van der Waals surface area contributed by atoms with Gasteiger partial charge in [0.25, 0.3) is 5.91 Å². The van der Waals surface area contributed by atoms with Gasteiger partial charge in [0.15, 0.2) is 0 Å². The molecule has 2 rings (SSSR count). The molecular weight excluding hydrogens is 318 g/mol. The van der Waals surface area contributed by atoms with Crippen molar-refractivity contribution < 1.29 is 9.53 Å². The lowest BCUT2D eigenvalue weighted by atomic mass is 10.1. The number of aryl methyl sites for hydroxylation is 1.